The second-order valence-corrected chi connectivity index (χ2v) is 5.38. The molecule has 68 valence electrons. The molecule has 2 nitrogen and oxygen atoms in total. The summed E-state index contributed by atoms with van der Waals surface area (Å²) in [5.74, 6) is 0. The Morgan fingerprint density at radius 1 is 1.17 bits per heavy atom. The maximum atomic E-state index is 3.44. The summed E-state index contributed by atoms with van der Waals surface area (Å²) >= 11 is 0.571. The second kappa shape index (κ2) is 3.82. The summed E-state index contributed by atoms with van der Waals surface area (Å²) in [5, 5.41) is 2.25. The molecular weight excluding hydrogens is 215 g/mol. The third-order valence-corrected chi connectivity index (χ3v) is 4.81. The Balaban J connectivity index is 2.10. The molecule has 0 spiro atoms. The molecule has 0 atom stereocenters. The van der Waals surface area contributed by atoms with Gasteiger partial charge >= 0.3 is 80.4 Å². The van der Waals surface area contributed by atoms with Crippen molar-refractivity contribution in [1.29, 1.82) is 0 Å². The third-order valence-electron chi connectivity index (χ3n) is 2.60. The van der Waals surface area contributed by atoms with E-state index >= 15 is 0 Å². The van der Waals surface area contributed by atoms with Crippen molar-refractivity contribution in [3.05, 3.63) is 10.2 Å². The summed E-state index contributed by atoms with van der Waals surface area (Å²) in [4.78, 5) is 0. The van der Waals surface area contributed by atoms with E-state index in [1.165, 1.54) is 38.5 Å². The first-order valence-corrected chi connectivity index (χ1v) is 6.47. The molecular formula is C9H16N2Se. The average Bonchev–Trinajstić information content (AvgIpc) is 2.31. The molecule has 12 heavy (non-hydrogen) atoms. The summed E-state index contributed by atoms with van der Waals surface area (Å²) in [6.07, 6.45) is 8.33. The van der Waals surface area contributed by atoms with Crippen molar-refractivity contribution in [2.75, 3.05) is 7.05 Å². The topological polar surface area (TPSA) is 15.3 Å². The molecule has 0 bridgehead atoms. The van der Waals surface area contributed by atoms with Crippen LogP contribution in [0.2, 0.25) is 0 Å². The van der Waals surface area contributed by atoms with Crippen LogP contribution in [0, 0.1) is 0 Å². The molecule has 1 aliphatic heterocycles. The summed E-state index contributed by atoms with van der Waals surface area (Å²) in [6, 6.07) is 0. The molecule has 3 heteroatoms. The molecule has 2 aliphatic rings. The monoisotopic (exact) mass is 232 g/mol. The fourth-order valence-electron chi connectivity index (χ4n) is 1.86. The van der Waals surface area contributed by atoms with Crippen LogP contribution in [0.3, 0.4) is 0 Å². The van der Waals surface area contributed by atoms with Gasteiger partial charge in [-0.15, -0.1) is 0 Å². The van der Waals surface area contributed by atoms with Crippen molar-refractivity contribution >= 4 is 15.2 Å². The minimum atomic E-state index is 0.571. The fourth-order valence-corrected chi connectivity index (χ4v) is 3.87. The van der Waals surface area contributed by atoms with Gasteiger partial charge in [0.05, 0.1) is 0 Å². The molecule has 0 fully saturated rings. The number of allylic oxidation sites excluding steroid dienone is 2. The van der Waals surface area contributed by atoms with Crippen molar-refractivity contribution in [2.24, 2.45) is 0 Å². The number of nitrogens with one attached hydrogen (secondary N) is 1. The molecule has 0 aromatic carbocycles. The van der Waals surface area contributed by atoms with Crippen LogP contribution < -0.4 is 4.44 Å². The minimum absolute atomic E-state index is 0.571. The Morgan fingerprint density at radius 3 is 2.75 bits per heavy atom. The van der Waals surface area contributed by atoms with Crippen LogP contribution in [0.25, 0.3) is 0 Å². The first kappa shape index (κ1) is 8.61. The zero-order valence-corrected chi connectivity index (χ0v) is 9.31. The number of hydrogen-bond acceptors (Lipinski definition) is 2. The Hall–Kier alpha value is 0.0195. The molecule has 1 N–H and O–H groups in total. The van der Waals surface area contributed by atoms with Gasteiger partial charge in [0.15, 0.2) is 0 Å². The van der Waals surface area contributed by atoms with Crippen LogP contribution in [0.4, 0.5) is 0 Å². The van der Waals surface area contributed by atoms with E-state index in [4.69, 9.17) is 0 Å². The van der Waals surface area contributed by atoms with E-state index in [2.05, 4.69) is 16.5 Å². The normalized spacial score (nSPS) is 25.2. The van der Waals surface area contributed by atoms with Crippen molar-refractivity contribution in [3.8, 4) is 0 Å². The van der Waals surface area contributed by atoms with E-state index in [9.17, 15) is 0 Å². The molecule has 1 aliphatic carbocycles. The number of hydrazine groups is 1. The Morgan fingerprint density at radius 2 is 1.92 bits per heavy atom. The van der Waals surface area contributed by atoms with Gasteiger partial charge in [-0.1, -0.05) is 0 Å². The summed E-state index contributed by atoms with van der Waals surface area (Å²) in [7, 11) is 2.16. The maximum absolute atomic E-state index is 3.44. The van der Waals surface area contributed by atoms with Crippen LogP contribution in [-0.4, -0.2) is 27.2 Å². The summed E-state index contributed by atoms with van der Waals surface area (Å²) < 4.78 is 5.17. The third kappa shape index (κ3) is 1.68. The fraction of sp³-hybridized carbons (Fsp3) is 0.778. The van der Waals surface area contributed by atoms with Crippen LogP contribution >= 0.6 is 0 Å². The zero-order valence-electron chi connectivity index (χ0n) is 7.60. The molecule has 1 heterocycles. The number of rotatable bonds is 0. The van der Waals surface area contributed by atoms with Gasteiger partial charge < -0.3 is 0 Å². The van der Waals surface area contributed by atoms with E-state index in [0.29, 0.717) is 15.2 Å². The molecule has 0 aromatic rings. The first-order chi connectivity index (χ1) is 5.88. The average molecular weight is 231 g/mol. The molecule has 0 radical (unpaired) electrons. The zero-order chi connectivity index (χ0) is 8.39. The van der Waals surface area contributed by atoms with Gasteiger partial charge in [-0.05, 0) is 0 Å². The van der Waals surface area contributed by atoms with E-state index in [1.54, 1.807) is 10.2 Å². The van der Waals surface area contributed by atoms with Crippen LogP contribution in [0.5, 0.6) is 0 Å². The van der Waals surface area contributed by atoms with Gasteiger partial charge in [0.2, 0.25) is 0 Å². The van der Waals surface area contributed by atoms with E-state index in [1.807, 2.05) is 0 Å². The Bertz CT molecular complexity index is 201. The number of hydrogen-bond donors (Lipinski definition) is 1. The predicted octanol–water partition coefficient (Wildman–Crippen LogP) is 1.62. The van der Waals surface area contributed by atoms with Crippen molar-refractivity contribution in [1.82, 2.24) is 9.45 Å². The van der Waals surface area contributed by atoms with Crippen molar-refractivity contribution < 1.29 is 0 Å². The van der Waals surface area contributed by atoms with Gasteiger partial charge in [-0.2, -0.15) is 0 Å². The van der Waals surface area contributed by atoms with Crippen LogP contribution in [0.15, 0.2) is 10.2 Å². The molecule has 0 aromatic heterocycles. The Labute approximate surface area is 80.7 Å². The SMILES string of the molecule is CN1N[Se]C2=C1CCCCCC2. The molecule has 0 amide bonds. The van der Waals surface area contributed by atoms with Crippen LogP contribution in [-0.2, 0) is 0 Å². The van der Waals surface area contributed by atoms with Gasteiger partial charge in [0, 0.05) is 0 Å². The van der Waals surface area contributed by atoms with Crippen molar-refractivity contribution in [3.63, 3.8) is 0 Å². The van der Waals surface area contributed by atoms with E-state index < -0.39 is 0 Å². The van der Waals surface area contributed by atoms with Crippen molar-refractivity contribution in [2.45, 2.75) is 38.5 Å². The molecule has 0 saturated heterocycles. The first-order valence-electron chi connectivity index (χ1n) is 4.76. The van der Waals surface area contributed by atoms with Gasteiger partial charge in [-0.3, -0.25) is 0 Å². The molecule has 0 saturated carbocycles. The standard InChI is InChI=1S/C9H16N2Se/c1-11-8-6-4-2-3-5-7-9(8)12-10-11/h10H,2-7H2,1H3. The van der Waals surface area contributed by atoms with Gasteiger partial charge in [0.1, 0.15) is 0 Å². The predicted molar refractivity (Wildman–Crippen MR) is 51.4 cm³/mol. The van der Waals surface area contributed by atoms with Crippen LogP contribution in [0.1, 0.15) is 38.5 Å². The summed E-state index contributed by atoms with van der Waals surface area (Å²) in [6.45, 7) is 0. The molecule has 2 rings (SSSR count). The van der Waals surface area contributed by atoms with E-state index in [0.717, 1.165) is 0 Å². The quantitative estimate of drug-likeness (QED) is 0.637. The summed E-state index contributed by atoms with van der Waals surface area (Å²) in [5.41, 5.74) is 1.61. The van der Waals surface area contributed by atoms with Gasteiger partial charge in [-0.25, -0.2) is 0 Å². The second-order valence-electron chi connectivity index (χ2n) is 3.54. The Kier molecular flexibility index (Phi) is 2.74. The number of nitrogens with zero attached hydrogens (tertiary/aromatic N) is 1. The van der Waals surface area contributed by atoms with Gasteiger partial charge in [0.25, 0.3) is 0 Å². The van der Waals surface area contributed by atoms with E-state index in [-0.39, 0.29) is 0 Å². The molecule has 0 unspecified atom stereocenters.